The van der Waals surface area contributed by atoms with Gasteiger partial charge in [-0.15, -0.1) is 0 Å². The molecule has 1 heterocycles. The van der Waals surface area contributed by atoms with E-state index in [1.54, 1.807) is 12.1 Å². The minimum atomic E-state index is -4.92. The lowest BCUT2D eigenvalue weighted by atomic mass is 10.0. The van der Waals surface area contributed by atoms with Gasteiger partial charge in [0.1, 0.15) is 5.82 Å². The fourth-order valence-electron chi connectivity index (χ4n) is 3.40. The Kier molecular flexibility index (Phi) is 4.77. The minimum Gasteiger partial charge on any atom is -0.382 e. The second-order valence-corrected chi connectivity index (χ2v) is 6.72. The first-order valence-corrected chi connectivity index (χ1v) is 8.96. The first-order valence-electron chi connectivity index (χ1n) is 8.96. The predicted octanol–water partition coefficient (Wildman–Crippen LogP) is 5.19. The van der Waals surface area contributed by atoms with Crippen LogP contribution < -0.4 is 16.4 Å². The zero-order valence-electron chi connectivity index (χ0n) is 15.7. The van der Waals surface area contributed by atoms with E-state index in [4.69, 9.17) is 11.5 Å². The number of primary amides is 1. The Balaban J connectivity index is 1.76. The predicted molar refractivity (Wildman–Crippen MR) is 109 cm³/mol. The fraction of sp³-hybridized carbons (Fsp3) is 0.0476. The van der Waals surface area contributed by atoms with E-state index in [0.717, 1.165) is 33.0 Å². The van der Waals surface area contributed by atoms with Gasteiger partial charge >= 0.3 is 12.2 Å². The monoisotopic (exact) mass is 429 g/mol. The van der Waals surface area contributed by atoms with Crippen LogP contribution in [0.4, 0.5) is 39.5 Å². The Labute approximate surface area is 173 Å². The Morgan fingerprint density at radius 3 is 2.32 bits per heavy atom. The molecule has 4 aromatic rings. The Hall–Kier alpha value is -4.08. The standard InChI is InChI=1S/C21H15F4N5O/c22-16-9-8-13(10-15(16)21(23,24)25)30(20(27)31)12-6-4-11(5-7-12)14-2-1-3-17-18(14)19(26)29-28-17/h1-10H,(H2,27,31)(H3,26,28,29). The second kappa shape index (κ2) is 7.31. The van der Waals surface area contributed by atoms with Gasteiger partial charge < -0.3 is 11.5 Å². The van der Waals surface area contributed by atoms with Crippen molar-refractivity contribution in [2.75, 3.05) is 10.6 Å². The van der Waals surface area contributed by atoms with Gasteiger partial charge in [-0.1, -0.05) is 24.3 Å². The molecule has 10 heteroatoms. The van der Waals surface area contributed by atoms with Gasteiger partial charge in [0.05, 0.1) is 27.8 Å². The summed E-state index contributed by atoms with van der Waals surface area (Å²) in [6.45, 7) is 0. The van der Waals surface area contributed by atoms with Gasteiger partial charge in [0, 0.05) is 0 Å². The summed E-state index contributed by atoms with van der Waals surface area (Å²) in [5.41, 5.74) is 12.1. The number of nitrogens with two attached hydrogens (primary N) is 2. The number of nitrogen functional groups attached to an aromatic ring is 1. The van der Waals surface area contributed by atoms with Crippen LogP contribution in [0.1, 0.15) is 5.56 Å². The first-order chi connectivity index (χ1) is 14.7. The number of carbonyl (C=O) groups excluding carboxylic acids is 1. The number of fused-ring (bicyclic) bond motifs is 1. The van der Waals surface area contributed by atoms with Gasteiger partial charge in [0.2, 0.25) is 0 Å². The largest absolute Gasteiger partial charge is 0.419 e. The molecule has 6 nitrogen and oxygen atoms in total. The van der Waals surface area contributed by atoms with Crippen molar-refractivity contribution in [2.45, 2.75) is 6.18 Å². The molecule has 0 aliphatic rings. The Morgan fingerprint density at radius 2 is 1.68 bits per heavy atom. The van der Waals surface area contributed by atoms with Crippen LogP contribution in [0.25, 0.3) is 22.0 Å². The van der Waals surface area contributed by atoms with Crippen molar-refractivity contribution in [2.24, 2.45) is 5.73 Å². The van der Waals surface area contributed by atoms with Crippen molar-refractivity contribution in [1.82, 2.24) is 10.2 Å². The number of urea groups is 1. The minimum absolute atomic E-state index is 0.211. The van der Waals surface area contributed by atoms with E-state index in [1.807, 2.05) is 18.2 Å². The fourth-order valence-corrected chi connectivity index (χ4v) is 3.40. The van der Waals surface area contributed by atoms with E-state index in [0.29, 0.717) is 18.0 Å². The highest BCUT2D eigenvalue weighted by atomic mass is 19.4. The summed E-state index contributed by atoms with van der Waals surface area (Å²) in [6.07, 6.45) is -4.92. The van der Waals surface area contributed by atoms with Gasteiger partial charge in [-0.25, -0.2) is 9.18 Å². The average molecular weight is 429 g/mol. The van der Waals surface area contributed by atoms with Crippen LogP contribution >= 0.6 is 0 Å². The molecular weight excluding hydrogens is 414 g/mol. The van der Waals surface area contributed by atoms with Crippen LogP contribution in [0, 0.1) is 5.82 Å². The number of amides is 2. The molecule has 3 aromatic carbocycles. The maximum Gasteiger partial charge on any atom is 0.419 e. The number of nitrogens with zero attached hydrogens (tertiary/aromatic N) is 2. The summed E-state index contributed by atoms with van der Waals surface area (Å²) in [5, 5.41) is 7.52. The van der Waals surface area contributed by atoms with Crippen molar-refractivity contribution in [3.63, 3.8) is 0 Å². The summed E-state index contributed by atoms with van der Waals surface area (Å²) in [5.74, 6) is -1.12. The molecule has 1 aromatic heterocycles. The van der Waals surface area contributed by atoms with Crippen LogP contribution in [0.5, 0.6) is 0 Å². The molecule has 4 rings (SSSR count). The van der Waals surface area contributed by atoms with E-state index < -0.39 is 23.6 Å². The van der Waals surface area contributed by atoms with Crippen molar-refractivity contribution >= 4 is 34.1 Å². The maximum atomic E-state index is 13.6. The van der Waals surface area contributed by atoms with Gasteiger partial charge in [-0.2, -0.15) is 18.3 Å². The summed E-state index contributed by atoms with van der Waals surface area (Å²) < 4.78 is 52.9. The summed E-state index contributed by atoms with van der Waals surface area (Å²) >= 11 is 0. The van der Waals surface area contributed by atoms with Gasteiger partial charge in [0.25, 0.3) is 0 Å². The molecule has 0 bridgehead atoms. The highest BCUT2D eigenvalue weighted by molar-refractivity contribution is 6.02. The number of rotatable bonds is 3. The number of nitrogens with one attached hydrogen (secondary N) is 1. The SMILES string of the molecule is NC(=O)N(c1ccc(-c2cccc3[nH]nc(N)c23)cc1)c1ccc(F)c(C(F)(F)F)c1. The number of carbonyl (C=O) groups is 1. The number of hydrogen-bond donors (Lipinski definition) is 3. The Morgan fingerprint density at radius 1 is 1.00 bits per heavy atom. The molecule has 0 unspecified atom stereocenters. The van der Waals surface area contributed by atoms with E-state index in [-0.39, 0.29) is 11.4 Å². The summed E-state index contributed by atoms with van der Waals surface area (Å²) in [6, 6.07) is 13.1. The van der Waals surface area contributed by atoms with Gasteiger partial charge in [-0.05, 0) is 47.5 Å². The number of alkyl halides is 3. The van der Waals surface area contributed by atoms with Crippen LogP contribution in [0.15, 0.2) is 60.7 Å². The van der Waals surface area contributed by atoms with Gasteiger partial charge in [0.15, 0.2) is 5.82 Å². The summed E-state index contributed by atoms with van der Waals surface area (Å²) in [7, 11) is 0. The quantitative estimate of drug-likeness (QED) is 0.391. The number of anilines is 3. The molecule has 0 atom stereocenters. The maximum absolute atomic E-state index is 13.6. The van der Waals surface area contributed by atoms with E-state index in [1.165, 1.54) is 12.1 Å². The Bertz CT molecular complexity index is 1280. The highest BCUT2D eigenvalue weighted by Crippen LogP contribution is 2.37. The third-order valence-corrected chi connectivity index (χ3v) is 4.79. The third-order valence-electron chi connectivity index (χ3n) is 4.79. The summed E-state index contributed by atoms with van der Waals surface area (Å²) in [4.78, 5) is 12.9. The van der Waals surface area contributed by atoms with Crippen LogP contribution in [-0.4, -0.2) is 16.2 Å². The number of halogens is 4. The number of hydrogen-bond acceptors (Lipinski definition) is 3. The zero-order chi connectivity index (χ0) is 22.3. The van der Waals surface area contributed by atoms with E-state index in [9.17, 15) is 22.4 Å². The number of aromatic nitrogens is 2. The van der Waals surface area contributed by atoms with Crippen molar-refractivity contribution in [1.29, 1.82) is 0 Å². The van der Waals surface area contributed by atoms with Crippen LogP contribution in [-0.2, 0) is 6.18 Å². The zero-order valence-corrected chi connectivity index (χ0v) is 15.7. The van der Waals surface area contributed by atoms with Crippen LogP contribution in [0.2, 0.25) is 0 Å². The molecule has 0 aliphatic carbocycles. The first kappa shape index (κ1) is 20.2. The lowest BCUT2D eigenvalue weighted by molar-refractivity contribution is -0.139. The molecule has 31 heavy (non-hydrogen) atoms. The molecule has 0 spiro atoms. The number of H-pyrrole nitrogens is 1. The normalized spacial score (nSPS) is 11.6. The average Bonchev–Trinajstić information content (AvgIpc) is 3.10. The topological polar surface area (TPSA) is 101 Å². The lowest BCUT2D eigenvalue weighted by Gasteiger charge is -2.22. The molecule has 0 fully saturated rings. The second-order valence-electron chi connectivity index (χ2n) is 6.72. The van der Waals surface area contributed by atoms with E-state index in [2.05, 4.69) is 10.2 Å². The number of aromatic amines is 1. The van der Waals surface area contributed by atoms with E-state index >= 15 is 0 Å². The lowest BCUT2D eigenvalue weighted by Crippen LogP contribution is -2.31. The van der Waals surface area contributed by atoms with Crippen LogP contribution in [0.3, 0.4) is 0 Å². The molecule has 0 saturated heterocycles. The van der Waals surface area contributed by atoms with Crippen molar-refractivity contribution < 1.29 is 22.4 Å². The molecule has 0 aliphatic heterocycles. The third kappa shape index (κ3) is 3.63. The molecule has 0 radical (unpaired) electrons. The van der Waals surface area contributed by atoms with Gasteiger partial charge in [-0.3, -0.25) is 10.00 Å². The molecule has 158 valence electrons. The van der Waals surface area contributed by atoms with Crippen molar-refractivity contribution in [3.8, 4) is 11.1 Å². The molecular formula is C21H15F4N5O. The molecule has 0 saturated carbocycles. The smallest absolute Gasteiger partial charge is 0.382 e. The molecule has 5 N–H and O–H groups in total. The molecule has 2 amide bonds. The highest BCUT2D eigenvalue weighted by Gasteiger charge is 2.35. The van der Waals surface area contributed by atoms with Crippen molar-refractivity contribution in [3.05, 3.63) is 72.0 Å². The number of benzene rings is 3.